The van der Waals surface area contributed by atoms with Crippen molar-refractivity contribution in [1.82, 2.24) is 9.62 Å². The minimum Gasteiger partial charge on any atom is -0.486 e. The van der Waals surface area contributed by atoms with Gasteiger partial charge in [0, 0.05) is 32.7 Å². The van der Waals surface area contributed by atoms with Crippen molar-refractivity contribution < 1.29 is 17.9 Å². The van der Waals surface area contributed by atoms with E-state index in [2.05, 4.69) is 20.6 Å². The summed E-state index contributed by atoms with van der Waals surface area (Å²) < 4.78 is 39.7. The van der Waals surface area contributed by atoms with Gasteiger partial charge in [-0.1, -0.05) is 36.4 Å². The molecule has 1 N–H and O–H groups in total. The molecule has 180 valence electrons. The summed E-state index contributed by atoms with van der Waals surface area (Å²) in [6.07, 6.45) is 1.77. The maximum Gasteiger partial charge on any atom is 0.240 e. The first-order chi connectivity index (χ1) is 16.6. The van der Waals surface area contributed by atoms with Crippen molar-refractivity contribution in [3.8, 4) is 11.5 Å². The minimum atomic E-state index is -3.50. The van der Waals surface area contributed by atoms with Crippen LogP contribution in [0.1, 0.15) is 12.8 Å². The van der Waals surface area contributed by atoms with Crippen molar-refractivity contribution in [3.63, 3.8) is 0 Å². The lowest BCUT2D eigenvalue weighted by Gasteiger charge is -2.37. The minimum absolute atomic E-state index is 0.319. The van der Waals surface area contributed by atoms with Crippen LogP contribution in [0.4, 0.5) is 5.69 Å². The summed E-state index contributed by atoms with van der Waals surface area (Å²) in [6, 6.07) is 19.1. The summed E-state index contributed by atoms with van der Waals surface area (Å²) in [6.45, 7) is 6.45. The molecule has 5 rings (SSSR count). The molecule has 0 radical (unpaired) electrons. The van der Waals surface area contributed by atoms with Crippen LogP contribution in [-0.4, -0.2) is 65.8 Å². The fraction of sp³-hybridized carbons (Fsp3) is 0.385. The van der Waals surface area contributed by atoms with Gasteiger partial charge in [-0.05, 0) is 54.4 Å². The highest BCUT2D eigenvalue weighted by Gasteiger charge is 2.23. The number of piperazine rings is 1. The third kappa shape index (κ3) is 5.14. The predicted octanol–water partition coefficient (Wildman–Crippen LogP) is 3.49. The predicted molar refractivity (Wildman–Crippen MR) is 134 cm³/mol. The molecule has 3 aromatic rings. The number of fused-ring (bicyclic) bond motifs is 2. The fourth-order valence-electron chi connectivity index (χ4n) is 4.60. The zero-order chi connectivity index (χ0) is 23.4. The normalized spacial score (nSPS) is 16.6. The Kier molecular flexibility index (Phi) is 6.89. The maximum atomic E-state index is 12.7. The van der Waals surface area contributed by atoms with Gasteiger partial charge in [-0.15, -0.1) is 0 Å². The molecular weight excluding hydrogens is 450 g/mol. The first-order valence-electron chi connectivity index (χ1n) is 11.9. The van der Waals surface area contributed by atoms with E-state index >= 15 is 0 Å². The van der Waals surface area contributed by atoms with Gasteiger partial charge in [-0.2, -0.15) is 0 Å². The molecule has 0 bridgehead atoms. The molecule has 0 aliphatic carbocycles. The van der Waals surface area contributed by atoms with Crippen LogP contribution in [-0.2, 0) is 10.0 Å². The number of benzene rings is 3. The first-order valence-corrected chi connectivity index (χ1v) is 13.4. The lowest BCUT2D eigenvalue weighted by Crippen LogP contribution is -2.46. The number of nitrogens with one attached hydrogen (secondary N) is 1. The molecule has 1 fully saturated rings. The van der Waals surface area contributed by atoms with Crippen LogP contribution in [0.5, 0.6) is 11.5 Å². The van der Waals surface area contributed by atoms with Gasteiger partial charge in [0.05, 0.1) is 10.6 Å². The van der Waals surface area contributed by atoms with Crippen molar-refractivity contribution in [2.45, 2.75) is 17.7 Å². The van der Waals surface area contributed by atoms with Gasteiger partial charge in [0.25, 0.3) is 0 Å². The standard InChI is InChI=1S/C26H31N3O4S/c30-34(31,23-11-10-21-6-1-2-7-22(21)20-23)27-12-3-4-13-28-14-16-29(17-15-28)24-8-5-9-25-26(24)33-19-18-32-25/h1-2,5-11,20,27H,3-4,12-19H2. The Bertz CT molecular complexity index is 1240. The van der Waals surface area contributed by atoms with Crippen molar-refractivity contribution in [2.75, 3.05) is 57.4 Å². The summed E-state index contributed by atoms with van der Waals surface area (Å²) in [5.41, 5.74) is 1.11. The van der Waals surface area contributed by atoms with Crippen molar-refractivity contribution in [3.05, 3.63) is 60.7 Å². The van der Waals surface area contributed by atoms with E-state index in [-0.39, 0.29) is 0 Å². The molecule has 0 atom stereocenters. The molecule has 1 saturated heterocycles. The molecule has 3 aromatic carbocycles. The highest BCUT2D eigenvalue weighted by Crippen LogP contribution is 2.39. The second-order valence-electron chi connectivity index (χ2n) is 8.74. The van der Waals surface area contributed by atoms with Crippen LogP contribution in [0.25, 0.3) is 10.8 Å². The van der Waals surface area contributed by atoms with Gasteiger partial charge in [-0.25, -0.2) is 13.1 Å². The van der Waals surface area contributed by atoms with Crippen molar-refractivity contribution in [1.29, 1.82) is 0 Å². The van der Waals surface area contributed by atoms with E-state index in [4.69, 9.17) is 9.47 Å². The highest BCUT2D eigenvalue weighted by atomic mass is 32.2. The Balaban J connectivity index is 1.06. The number of hydrogen-bond donors (Lipinski definition) is 1. The van der Waals surface area contributed by atoms with E-state index in [1.54, 1.807) is 12.1 Å². The van der Waals surface area contributed by atoms with E-state index in [9.17, 15) is 8.42 Å². The van der Waals surface area contributed by atoms with Gasteiger partial charge in [0.15, 0.2) is 11.5 Å². The number of anilines is 1. The topological polar surface area (TPSA) is 71.1 Å². The Hall–Kier alpha value is -2.81. The van der Waals surface area contributed by atoms with Gasteiger partial charge < -0.3 is 14.4 Å². The van der Waals surface area contributed by atoms with E-state index in [0.29, 0.717) is 24.7 Å². The average molecular weight is 482 g/mol. The van der Waals surface area contributed by atoms with Crippen molar-refractivity contribution in [2.24, 2.45) is 0 Å². The molecular formula is C26H31N3O4S. The zero-order valence-electron chi connectivity index (χ0n) is 19.3. The van der Waals surface area contributed by atoms with Crippen LogP contribution in [0.3, 0.4) is 0 Å². The monoisotopic (exact) mass is 481 g/mol. The lowest BCUT2D eigenvalue weighted by molar-refractivity contribution is 0.171. The van der Waals surface area contributed by atoms with Crippen LogP contribution in [0.15, 0.2) is 65.6 Å². The SMILES string of the molecule is O=S(=O)(NCCCCN1CCN(c2cccc3c2OCCO3)CC1)c1ccc2ccccc2c1. The third-order valence-electron chi connectivity index (χ3n) is 6.48. The quantitative estimate of drug-likeness (QED) is 0.497. The number of ether oxygens (including phenoxy) is 2. The van der Waals surface area contributed by atoms with Crippen LogP contribution in [0, 0.1) is 0 Å². The summed E-state index contributed by atoms with van der Waals surface area (Å²) in [7, 11) is -3.50. The summed E-state index contributed by atoms with van der Waals surface area (Å²) in [5, 5.41) is 1.97. The number of unbranched alkanes of at least 4 members (excludes halogenated alkanes) is 1. The maximum absolute atomic E-state index is 12.7. The molecule has 2 aliphatic heterocycles. The largest absolute Gasteiger partial charge is 0.486 e. The lowest BCUT2D eigenvalue weighted by atomic mass is 10.1. The number of sulfonamides is 1. The second-order valence-corrected chi connectivity index (χ2v) is 10.5. The zero-order valence-corrected chi connectivity index (χ0v) is 20.1. The molecule has 0 aromatic heterocycles. The molecule has 8 heteroatoms. The second kappa shape index (κ2) is 10.2. The van der Waals surface area contributed by atoms with Crippen LogP contribution >= 0.6 is 0 Å². The Morgan fingerprint density at radius 2 is 1.62 bits per heavy atom. The summed E-state index contributed by atoms with van der Waals surface area (Å²) in [4.78, 5) is 5.13. The van der Waals surface area contributed by atoms with Crippen LogP contribution in [0.2, 0.25) is 0 Å². The number of hydrogen-bond acceptors (Lipinski definition) is 6. The molecule has 0 spiro atoms. The molecule has 0 unspecified atom stereocenters. The van der Waals surface area contributed by atoms with Gasteiger partial charge >= 0.3 is 0 Å². The Morgan fingerprint density at radius 3 is 2.47 bits per heavy atom. The summed E-state index contributed by atoms with van der Waals surface area (Å²) in [5.74, 6) is 1.69. The van der Waals surface area contributed by atoms with E-state index in [1.807, 2.05) is 42.5 Å². The third-order valence-corrected chi connectivity index (χ3v) is 7.94. The smallest absolute Gasteiger partial charge is 0.240 e. The van der Waals surface area contributed by atoms with E-state index in [0.717, 1.165) is 73.5 Å². The van der Waals surface area contributed by atoms with Gasteiger partial charge in [-0.3, -0.25) is 4.90 Å². The number of rotatable bonds is 8. The number of para-hydroxylation sites is 1. The van der Waals surface area contributed by atoms with Crippen LogP contribution < -0.4 is 19.1 Å². The van der Waals surface area contributed by atoms with Gasteiger partial charge in [0.2, 0.25) is 10.0 Å². The molecule has 34 heavy (non-hydrogen) atoms. The number of nitrogens with zero attached hydrogens (tertiary/aromatic N) is 2. The summed E-state index contributed by atoms with van der Waals surface area (Å²) >= 11 is 0. The molecule has 0 amide bonds. The van der Waals surface area contributed by atoms with Gasteiger partial charge in [0.1, 0.15) is 13.2 Å². The van der Waals surface area contributed by atoms with Crippen molar-refractivity contribution >= 4 is 26.5 Å². The first kappa shape index (κ1) is 23.0. The average Bonchev–Trinajstić information content (AvgIpc) is 2.88. The highest BCUT2D eigenvalue weighted by molar-refractivity contribution is 7.89. The van der Waals surface area contributed by atoms with E-state index < -0.39 is 10.0 Å². The van der Waals surface area contributed by atoms with E-state index in [1.165, 1.54) is 0 Å². The molecule has 2 heterocycles. The molecule has 7 nitrogen and oxygen atoms in total. The Labute approximate surface area is 201 Å². The molecule has 2 aliphatic rings. The Morgan fingerprint density at radius 1 is 0.824 bits per heavy atom. The fourth-order valence-corrected chi connectivity index (χ4v) is 5.71. The molecule has 0 saturated carbocycles.